The summed E-state index contributed by atoms with van der Waals surface area (Å²) < 4.78 is 10.8. The second kappa shape index (κ2) is 10.8. The van der Waals surface area contributed by atoms with Gasteiger partial charge in [-0.05, 0) is 55.5 Å². The lowest BCUT2D eigenvalue weighted by atomic mass is 10.2. The van der Waals surface area contributed by atoms with Gasteiger partial charge in [-0.15, -0.1) is 0 Å². The molecular weight excluding hydrogens is 386 g/mol. The molecule has 7 heteroatoms. The van der Waals surface area contributed by atoms with Crippen molar-refractivity contribution in [1.29, 1.82) is 0 Å². The summed E-state index contributed by atoms with van der Waals surface area (Å²) in [5.41, 5.74) is 1.76. The molecule has 29 heavy (non-hydrogen) atoms. The van der Waals surface area contributed by atoms with Gasteiger partial charge in [-0.2, -0.15) is 0 Å². The quantitative estimate of drug-likeness (QED) is 0.556. The predicted octanol–water partition coefficient (Wildman–Crippen LogP) is 2.94. The summed E-state index contributed by atoms with van der Waals surface area (Å²) in [6, 6.07) is 17.4. The highest BCUT2D eigenvalue weighted by Gasteiger charge is 2.20. The zero-order valence-electron chi connectivity index (χ0n) is 16.7. The molecule has 0 atom stereocenters. The third kappa shape index (κ3) is 6.17. The number of nitrogens with one attached hydrogen (secondary N) is 1. The van der Waals surface area contributed by atoms with E-state index in [1.54, 1.807) is 24.3 Å². The monoisotopic (exact) mass is 413 g/mol. The van der Waals surface area contributed by atoms with Gasteiger partial charge >= 0.3 is 0 Å². The van der Waals surface area contributed by atoms with Crippen LogP contribution in [0.5, 0.6) is 5.75 Å². The molecular formula is C22H27N3O3S. The van der Waals surface area contributed by atoms with Crippen molar-refractivity contribution in [1.82, 2.24) is 10.2 Å². The molecule has 1 amide bonds. The Hall–Kier alpha value is -2.64. The third-order valence-corrected chi connectivity index (χ3v) is 5.09. The average Bonchev–Trinajstić information content (AvgIpc) is 2.78. The maximum atomic E-state index is 12.5. The van der Waals surface area contributed by atoms with Gasteiger partial charge < -0.3 is 19.3 Å². The maximum Gasteiger partial charge on any atom is 0.257 e. The number of benzene rings is 2. The number of para-hydroxylation sites is 1. The summed E-state index contributed by atoms with van der Waals surface area (Å²) >= 11 is 5.45. The van der Waals surface area contributed by atoms with E-state index in [1.807, 2.05) is 30.0 Å². The fourth-order valence-corrected chi connectivity index (χ4v) is 3.40. The second-order valence-electron chi connectivity index (χ2n) is 6.64. The molecule has 2 aromatic carbocycles. The molecule has 0 radical (unpaired) electrons. The highest BCUT2D eigenvalue weighted by Crippen LogP contribution is 2.16. The van der Waals surface area contributed by atoms with E-state index in [2.05, 4.69) is 22.3 Å². The van der Waals surface area contributed by atoms with Gasteiger partial charge in [0.25, 0.3) is 5.91 Å². The summed E-state index contributed by atoms with van der Waals surface area (Å²) in [4.78, 5) is 16.9. The van der Waals surface area contributed by atoms with Crippen LogP contribution in [-0.4, -0.2) is 61.9 Å². The van der Waals surface area contributed by atoms with Crippen molar-refractivity contribution in [2.45, 2.75) is 6.92 Å². The SMILES string of the molecule is CCOCCOc1ccc(C(=O)NC(=S)N2CCN(c3ccccc3)CC2)cc1. The standard InChI is InChI=1S/C22H27N3O3S/c1-2-27-16-17-28-20-10-8-18(9-11-20)21(26)23-22(29)25-14-12-24(13-15-25)19-6-4-3-5-7-19/h3-11H,2,12-17H2,1H3,(H,23,26,29). The minimum absolute atomic E-state index is 0.207. The van der Waals surface area contributed by atoms with E-state index in [1.165, 1.54) is 5.69 Å². The first-order chi connectivity index (χ1) is 14.2. The van der Waals surface area contributed by atoms with Crippen LogP contribution in [0.15, 0.2) is 54.6 Å². The third-order valence-electron chi connectivity index (χ3n) is 4.73. The first kappa shape index (κ1) is 21.1. The maximum absolute atomic E-state index is 12.5. The van der Waals surface area contributed by atoms with Crippen molar-refractivity contribution in [2.75, 3.05) is 50.9 Å². The van der Waals surface area contributed by atoms with Gasteiger partial charge in [-0.3, -0.25) is 10.1 Å². The fourth-order valence-electron chi connectivity index (χ4n) is 3.12. The Balaban J connectivity index is 1.45. The van der Waals surface area contributed by atoms with Crippen LogP contribution in [0, 0.1) is 0 Å². The van der Waals surface area contributed by atoms with E-state index in [-0.39, 0.29) is 5.91 Å². The Morgan fingerprint density at radius 2 is 1.69 bits per heavy atom. The minimum Gasteiger partial charge on any atom is -0.491 e. The van der Waals surface area contributed by atoms with Gasteiger partial charge in [-0.25, -0.2) is 0 Å². The van der Waals surface area contributed by atoms with Crippen LogP contribution in [0.1, 0.15) is 17.3 Å². The largest absolute Gasteiger partial charge is 0.491 e. The van der Waals surface area contributed by atoms with Crippen LogP contribution in [0.4, 0.5) is 5.69 Å². The molecule has 1 saturated heterocycles. The number of amides is 1. The molecule has 6 nitrogen and oxygen atoms in total. The number of carbonyl (C=O) groups excluding carboxylic acids is 1. The number of anilines is 1. The lowest BCUT2D eigenvalue weighted by Gasteiger charge is -2.37. The van der Waals surface area contributed by atoms with Crippen LogP contribution >= 0.6 is 12.2 Å². The Labute approximate surface area is 177 Å². The molecule has 0 saturated carbocycles. The lowest BCUT2D eigenvalue weighted by molar-refractivity contribution is 0.0972. The van der Waals surface area contributed by atoms with Gasteiger partial charge in [0.2, 0.25) is 0 Å². The van der Waals surface area contributed by atoms with Gasteiger partial charge in [-0.1, -0.05) is 18.2 Å². The van der Waals surface area contributed by atoms with Crippen molar-refractivity contribution < 1.29 is 14.3 Å². The van der Waals surface area contributed by atoms with E-state index in [9.17, 15) is 4.79 Å². The first-order valence-corrected chi connectivity index (χ1v) is 10.3. The Morgan fingerprint density at radius 3 is 2.34 bits per heavy atom. The smallest absolute Gasteiger partial charge is 0.257 e. The molecule has 0 spiro atoms. The zero-order valence-corrected chi connectivity index (χ0v) is 17.5. The Bertz CT molecular complexity index is 791. The van der Waals surface area contributed by atoms with Crippen LogP contribution in [0.25, 0.3) is 0 Å². The molecule has 0 aromatic heterocycles. The summed E-state index contributed by atoms with van der Waals surface area (Å²) in [6.45, 7) is 6.94. The highest BCUT2D eigenvalue weighted by atomic mass is 32.1. The molecule has 0 aliphatic carbocycles. The second-order valence-corrected chi connectivity index (χ2v) is 7.03. The van der Waals surface area contributed by atoms with Crippen LogP contribution in [0.3, 0.4) is 0 Å². The summed E-state index contributed by atoms with van der Waals surface area (Å²) in [5, 5.41) is 3.31. The van der Waals surface area contributed by atoms with Crippen molar-refractivity contribution in [2.24, 2.45) is 0 Å². The molecule has 1 heterocycles. The Morgan fingerprint density at radius 1 is 1.00 bits per heavy atom. The van der Waals surface area contributed by atoms with E-state index in [4.69, 9.17) is 21.7 Å². The van der Waals surface area contributed by atoms with Gasteiger partial charge in [0, 0.05) is 44.0 Å². The van der Waals surface area contributed by atoms with E-state index in [0.29, 0.717) is 36.2 Å². The van der Waals surface area contributed by atoms with Crippen LogP contribution in [0.2, 0.25) is 0 Å². The average molecular weight is 414 g/mol. The summed E-state index contributed by atoms with van der Waals surface area (Å²) in [5.74, 6) is 0.502. The van der Waals surface area contributed by atoms with E-state index < -0.39 is 0 Å². The molecule has 1 aliphatic rings. The molecule has 0 bridgehead atoms. The number of ether oxygens (including phenoxy) is 2. The fraction of sp³-hybridized carbons (Fsp3) is 0.364. The number of thiocarbonyl (C=S) groups is 1. The molecule has 154 valence electrons. The molecule has 3 rings (SSSR count). The molecule has 1 N–H and O–H groups in total. The molecule has 0 unspecified atom stereocenters. The van der Waals surface area contributed by atoms with Gasteiger partial charge in [0.1, 0.15) is 12.4 Å². The number of nitrogens with zero attached hydrogens (tertiary/aromatic N) is 2. The van der Waals surface area contributed by atoms with Gasteiger partial charge in [0.05, 0.1) is 6.61 Å². The van der Waals surface area contributed by atoms with Crippen molar-refractivity contribution in [3.8, 4) is 5.75 Å². The number of hydrogen-bond acceptors (Lipinski definition) is 5. The van der Waals surface area contributed by atoms with Gasteiger partial charge in [0.15, 0.2) is 5.11 Å². The zero-order chi connectivity index (χ0) is 20.5. The number of piperazine rings is 1. The molecule has 1 fully saturated rings. The normalized spacial score (nSPS) is 13.8. The molecule has 2 aromatic rings. The van der Waals surface area contributed by atoms with Crippen molar-refractivity contribution in [3.63, 3.8) is 0 Å². The van der Waals surface area contributed by atoms with Crippen molar-refractivity contribution >= 4 is 28.9 Å². The van der Waals surface area contributed by atoms with Crippen LogP contribution < -0.4 is 15.0 Å². The van der Waals surface area contributed by atoms with Crippen molar-refractivity contribution in [3.05, 3.63) is 60.2 Å². The number of hydrogen-bond donors (Lipinski definition) is 1. The topological polar surface area (TPSA) is 54.0 Å². The summed E-state index contributed by atoms with van der Waals surface area (Å²) in [6.07, 6.45) is 0. The number of rotatable bonds is 7. The number of carbonyl (C=O) groups is 1. The highest BCUT2D eigenvalue weighted by molar-refractivity contribution is 7.80. The summed E-state index contributed by atoms with van der Waals surface area (Å²) in [7, 11) is 0. The van der Waals surface area contributed by atoms with E-state index >= 15 is 0 Å². The molecule has 1 aliphatic heterocycles. The van der Waals surface area contributed by atoms with Crippen LogP contribution in [-0.2, 0) is 4.74 Å². The van der Waals surface area contributed by atoms with E-state index in [0.717, 1.165) is 26.2 Å². The first-order valence-electron chi connectivity index (χ1n) is 9.88. The predicted molar refractivity (Wildman–Crippen MR) is 119 cm³/mol. The Kier molecular flexibility index (Phi) is 7.84. The lowest BCUT2D eigenvalue weighted by Crippen LogP contribution is -2.52. The minimum atomic E-state index is -0.207.